The number of rotatable bonds is 6. The average Bonchev–Trinajstić information content (AvgIpc) is 2.80. The molecule has 0 aromatic carbocycles. The van der Waals surface area contributed by atoms with E-state index in [0.29, 0.717) is 36.1 Å². The van der Waals surface area contributed by atoms with E-state index in [-0.39, 0.29) is 23.9 Å². The molecule has 0 spiro atoms. The fourth-order valence-corrected chi connectivity index (χ4v) is 5.03. The molecule has 2 N–H and O–H groups in total. The van der Waals surface area contributed by atoms with Crippen LogP contribution in [0.1, 0.15) is 55.3 Å². The van der Waals surface area contributed by atoms with Crippen molar-refractivity contribution in [1.29, 1.82) is 0 Å². The predicted octanol–water partition coefficient (Wildman–Crippen LogP) is 2.26. The standard InChI is InChI=1S/C23H35N5O3/c1-27(2)23(8-4-3-5-9-23)16-26-22(30)18-12-19-21(24-13-18)25-14-20(29)28(19)15-17-6-10-31-11-7-17/h12-13,17H,3-11,14-16H2,1-2H3,(H,24,25)(H,26,30). The number of nitrogens with zero attached hydrogens (tertiary/aromatic N) is 3. The van der Waals surface area contributed by atoms with Crippen LogP contribution in [0.4, 0.5) is 11.5 Å². The van der Waals surface area contributed by atoms with Crippen molar-refractivity contribution < 1.29 is 14.3 Å². The second kappa shape index (κ2) is 9.53. The summed E-state index contributed by atoms with van der Waals surface area (Å²) in [7, 11) is 4.20. The molecular formula is C23H35N5O3. The number of aromatic nitrogens is 1. The number of anilines is 2. The first-order valence-electron chi connectivity index (χ1n) is 11.6. The number of carbonyl (C=O) groups excluding carboxylic acids is 2. The maximum atomic E-state index is 13.0. The zero-order valence-corrected chi connectivity index (χ0v) is 18.8. The van der Waals surface area contributed by atoms with Crippen LogP contribution < -0.4 is 15.5 Å². The van der Waals surface area contributed by atoms with Gasteiger partial charge >= 0.3 is 0 Å². The second-order valence-electron chi connectivity index (χ2n) is 9.37. The van der Waals surface area contributed by atoms with E-state index in [1.807, 2.05) is 6.07 Å². The Hall–Kier alpha value is -2.19. The van der Waals surface area contributed by atoms with Gasteiger partial charge in [0.1, 0.15) is 5.82 Å². The molecule has 0 unspecified atom stereocenters. The summed E-state index contributed by atoms with van der Waals surface area (Å²) in [4.78, 5) is 34.2. The molecule has 8 nitrogen and oxygen atoms in total. The molecule has 1 aromatic rings. The molecule has 2 fully saturated rings. The summed E-state index contributed by atoms with van der Waals surface area (Å²) < 4.78 is 5.45. The van der Waals surface area contributed by atoms with Crippen LogP contribution in [0.3, 0.4) is 0 Å². The van der Waals surface area contributed by atoms with Crippen LogP contribution in [-0.2, 0) is 9.53 Å². The van der Waals surface area contributed by atoms with Crippen molar-refractivity contribution in [3.8, 4) is 0 Å². The van der Waals surface area contributed by atoms with Crippen LogP contribution in [0.25, 0.3) is 0 Å². The third kappa shape index (κ3) is 4.85. The summed E-state index contributed by atoms with van der Waals surface area (Å²) in [5.41, 5.74) is 1.22. The highest BCUT2D eigenvalue weighted by atomic mass is 16.5. The number of hydrogen-bond acceptors (Lipinski definition) is 6. The summed E-state index contributed by atoms with van der Waals surface area (Å²) in [5, 5.41) is 6.23. The molecule has 4 rings (SSSR count). The maximum absolute atomic E-state index is 13.0. The van der Waals surface area contributed by atoms with E-state index >= 15 is 0 Å². The Morgan fingerprint density at radius 2 is 2.03 bits per heavy atom. The molecular weight excluding hydrogens is 394 g/mol. The van der Waals surface area contributed by atoms with Crippen LogP contribution in [0, 0.1) is 5.92 Å². The van der Waals surface area contributed by atoms with E-state index in [1.54, 1.807) is 11.1 Å². The molecule has 170 valence electrons. The Morgan fingerprint density at radius 3 is 2.74 bits per heavy atom. The van der Waals surface area contributed by atoms with E-state index < -0.39 is 0 Å². The van der Waals surface area contributed by atoms with Crippen molar-refractivity contribution in [2.24, 2.45) is 5.92 Å². The zero-order chi connectivity index (χ0) is 21.8. The monoisotopic (exact) mass is 429 g/mol. The Bertz CT molecular complexity index is 800. The maximum Gasteiger partial charge on any atom is 0.252 e. The van der Waals surface area contributed by atoms with Gasteiger partial charge in [-0.3, -0.25) is 9.59 Å². The molecule has 1 aromatic heterocycles. The van der Waals surface area contributed by atoms with Gasteiger partial charge in [-0.25, -0.2) is 4.98 Å². The van der Waals surface area contributed by atoms with Gasteiger partial charge in [-0.05, 0) is 51.8 Å². The normalized spacial score (nSPS) is 21.5. The smallest absolute Gasteiger partial charge is 0.252 e. The highest BCUT2D eigenvalue weighted by molar-refractivity contribution is 6.04. The van der Waals surface area contributed by atoms with Crippen molar-refractivity contribution in [1.82, 2.24) is 15.2 Å². The first-order valence-corrected chi connectivity index (χ1v) is 11.6. The van der Waals surface area contributed by atoms with Crippen LogP contribution in [0.15, 0.2) is 12.3 Å². The topological polar surface area (TPSA) is 86.8 Å². The summed E-state index contributed by atoms with van der Waals surface area (Å²) >= 11 is 0. The number of fused-ring (bicyclic) bond motifs is 1. The molecule has 2 aliphatic heterocycles. The molecule has 2 amide bonds. The number of carbonyl (C=O) groups is 2. The van der Waals surface area contributed by atoms with Gasteiger partial charge in [0, 0.05) is 38.0 Å². The fraction of sp³-hybridized carbons (Fsp3) is 0.696. The third-order valence-electron chi connectivity index (χ3n) is 7.22. The van der Waals surface area contributed by atoms with E-state index in [2.05, 4.69) is 34.6 Å². The van der Waals surface area contributed by atoms with Gasteiger partial charge in [-0.15, -0.1) is 0 Å². The van der Waals surface area contributed by atoms with Gasteiger partial charge in [0.25, 0.3) is 5.91 Å². The van der Waals surface area contributed by atoms with Gasteiger partial charge in [-0.2, -0.15) is 0 Å². The summed E-state index contributed by atoms with van der Waals surface area (Å²) in [6, 6.07) is 1.81. The number of pyridine rings is 1. The Labute approximate surface area is 184 Å². The number of likely N-dealkylation sites (N-methyl/N-ethyl adjacent to an activating group) is 1. The molecule has 0 atom stereocenters. The molecule has 0 radical (unpaired) electrons. The lowest BCUT2D eigenvalue weighted by Crippen LogP contribution is -2.53. The van der Waals surface area contributed by atoms with Gasteiger partial charge in [0.15, 0.2) is 0 Å². The van der Waals surface area contributed by atoms with Crippen LogP contribution in [0.5, 0.6) is 0 Å². The van der Waals surface area contributed by atoms with E-state index in [4.69, 9.17) is 4.74 Å². The third-order valence-corrected chi connectivity index (χ3v) is 7.22. The fourth-order valence-electron chi connectivity index (χ4n) is 5.03. The lowest BCUT2D eigenvalue weighted by molar-refractivity contribution is -0.117. The SMILES string of the molecule is CN(C)C1(CNC(=O)c2cnc3c(c2)N(CC2CCOCC2)C(=O)CN3)CCCCC1. The van der Waals surface area contributed by atoms with Crippen molar-refractivity contribution in [3.63, 3.8) is 0 Å². The molecule has 1 saturated carbocycles. The molecule has 3 aliphatic rings. The summed E-state index contributed by atoms with van der Waals surface area (Å²) in [5.74, 6) is 0.964. The largest absolute Gasteiger partial charge is 0.381 e. The van der Waals surface area contributed by atoms with E-state index in [0.717, 1.165) is 38.9 Å². The Kier molecular flexibility index (Phi) is 6.77. The highest BCUT2D eigenvalue weighted by Gasteiger charge is 2.35. The molecule has 8 heteroatoms. The zero-order valence-electron chi connectivity index (χ0n) is 18.8. The summed E-state index contributed by atoms with van der Waals surface area (Å²) in [6.45, 7) is 2.99. The molecule has 3 heterocycles. The van der Waals surface area contributed by atoms with Crippen LogP contribution in [-0.4, -0.2) is 74.2 Å². The average molecular weight is 430 g/mol. The molecule has 1 aliphatic carbocycles. The van der Waals surface area contributed by atoms with Crippen molar-refractivity contribution in [2.75, 3.05) is 57.2 Å². The lowest BCUT2D eigenvalue weighted by Gasteiger charge is -2.43. The van der Waals surface area contributed by atoms with E-state index in [1.165, 1.54) is 19.3 Å². The molecule has 1 saturated heterocycles. The number of hydrogen-bond donors (Lipinski definition) is 2. The first-order chi connectivity index (χ1) is 15.0. The minimum absolute atomic E-state index is 0.0160. The first kappa shape index (κ1) is 22.0. The van der Waals surface area contributed by atoms with E-state index in [9.17, 15) is 9.59 Å². The van der Waals surface area contributed by atoms with Crippen molar-refractivity contribution in [3.05, 3.63) is 17.8 Å². The van der Waals surface area contributed by atoms with Crippen LogP contribution in [0.2, 0.25) is 0 Å². The predicted molar refractivity (Wildman–Crippen MR) is 120 cm³/mol. The van der Waals surface area contributed by atoms with Gasteiger partial charge in [0.2, 0.25) is 5.91 Å². The minimum Gasteiger partial charge on any atom is -0.381 e. The van der Waals surface area contributed by atoms with Crippen LogP contribution >= 0.6 is 0 Å². The van der Waals surface area contributed by atoms with Crippen molar-refractivity contribution >= 4 is 23.3 Å². The number of amides is 2. The van der Waals surface area contributed by atoms with Gasteiger partial charge in [0.05, 0.1) is 17.8 Å². The Morgan fingerprint density at radius 1 is 1.29 bits per heavy atom. The van der Waals surface area contributed by atoms with Gasteiger partial charge in [-0.1, -0.05) is 19.3 Å². The second-order valence-corrected chi connectivity index (χ2v) is 9.37. The molecule has 31 heavy (non-hydrogen) atoms. The lowest BCUT2D eigenvalue weighted by atomic mass is 9.80. The van der Waals surface area contributed by atoms with Crippen molar-refractivity contribution in [2.45, 2.75) is 50.5 Å². The molecule has 0 bridgehead atoms. The number of nitrogens with one attached hydrogen (secondary N) is 2. The number of ether oxygens (including phenoxy) is 1. The highest BCUT2D eigenvalue weighted by Crippen LogP contribution is 2.33. The Balaban J connectivity index is 1.48. The minimum atomic E-state index is -0.133. The summed E-state index contributed by atoms with van der Waals surface area (Å²) in [6.07, 6.45) is 9.36. The quantitative estimate of drug-likeness (QED) is 0.721. The van der Waals surface area contributed by atoms with Gasteiger partial charge < -0.3 is 25.2 Å².